The average Bonchev–Trinajstić information content (AvgIpc) is 3.65. The number of hydrogen-bond donors (Lipinski definition) is 3. The van der Waals surface area contributed by atoms with Crippen molar-refractivity contribution in [2.45, 2.75) is 0 Å². The summed E-state index contributed by atoms with van der Waals surface area (Å²) in [6.07, 6.45) is 5.49. The molecule has 1 fully saturated rings. The summed E-state index contributed by atoms with van der Waals surface area (Å²) < 4.78 is 7.46. The Balaban J connectivity index is 1.14. The Morgan fingerprint density at radius 3 is 2.53 bits per heavy atom. The van der Waals surface area contributed by atoms with Gasteiger partial charge in [-0.3, -0.25) is 4.40 Å². The molecular formula is C31H27N9O2S. The molecule has 3 N–H and O–H groups in total. The lowest BCUT2D eigenvalue weighted by atomic mass is 10.1. The number of pyridine rings is 1. The summed E-state index contributed by atoms with van der Waals surface area (Å²) in [6, 6.07) is 22.4. The molecule has 2 amide bonds. The minimum atomic E-state index is -0.326. The number of urea groups is 1. The third kappa shape index (κ3) is 5.87. The molecular weight excluding hydrogens is 562 g/mol. The van der Waals surface area contributed by atoms with Crippen LogP contribution in [0.25, 0.3) is 27.6 Å². The molecule has 1 aliphatic rings. The van der Waals surface area contributed by atoms with Gasteiger partial charge in [0.05, 0.1) is 36.5 Å². The number of imidazole rings is 1. The first-order valence-electron chi connectivity index (χ1n) is 13.8. The number of anilines is 5. The quantitative estimate of drug-likeness (QED) is 0.203. The van der Waals surface area contributed by atoms with E-state index < -0.39 is 0 Å². The van der Waals surface area contributed by atoms with Crippen LogP contribution in [-0.4, -0.2) is 56.7 Å². The van der Waals surface area contributed by atoms with Crippen LogP contribution < -0.4 is 20.9 Å². The molecule has 0 aliphatic carbocycles. The fourth-order valence-corrected chi connectivity index (χ4v) is 5.62. The number of amides is 2. The Labute approximate surface area is 251 Å². The predicted octanol–water partition coefficient (Wildman–Crippen LogP) is 6.14. The van der Waals surface area contributed by atoms with Gasteiger partial charge in [0, 0.05) is 47.8 Å². The maximum Gasteiger partial charge on any atom is 0.323 e. The van der Waals surface area contributed by atoms with Gasteiger partial charge >= 0.3 is 6.03 Å². The molecule has 11 nitrogen and oxygen atoms in total. The van der Waals surface area contributed by atoms with Crippen molar-refractivity contribution in [2.24, 2.45) is 0 Å². The van der Waals surface area contributed by atoms with Crippen LogP contribution in [-0.2, 0) is 4.74 Å². The smallest absolute Gasteiger partial charge is 0.323 e. The minimum Gasteiger partial charge on any atom is -0.378 e. The third-order valence-corrected chi connectivity index (χ3v) is 7.68. The van der Waals surface area contributed by atoms with Gasteiger partial charge in [-0.2, -0.15) is 0 Å². The highest BCUT2D eigenvalue weighted by molar-refractivity contribution is 7.15. The maximum absolute atomic E-state index is 12.6. The normalized spacial score (nSPS) is 13.2. The summed E-state index contributed by atoms with van der Waals surface area (Å²) in [4.78, 5) is 34.5. The highest BCUT2D eigenvalue weighted by atomic mass is 32.1. The molecule has 0 bridgehead atoms. The third-order valence-electron chi connectivity index (χ3n) is 6.92. The summed E-state index contributed by atoms with van der Waals surface area (Å²) in [7, 11) is 0. The molecule has 0 radical (unpaired) electrons. The molecule has 0 unspecified atom stereocenters. The van der Waals surface area contributed by atoms with Crippen molar-refractivity contribution in [2.75, 3.05) is 47.2 Å². The summed E-state index contributed by atoms with van der Waals surface area (Å²) in [5, 5.41) is 11.0. The molecule has 43 heavy (non-hydrogen) atoms. The van der Waals surface area contributed by atoms with E-state index in [0.717, 1.165) is 46.5 Å². The van der Waals surface area contributed by atoms with Gasteiger partial charge in [-0.15, -0.1) is 11.3 Å². The first-order chi connectivity index (χ1) is 21.2. The second-order valence-electron chi connectivity index (χ2n) is 9.79. The van der Waals surface area contributed by atoms with Crippen molar-refractivity contribution >= 4 is 51.2 Å². The first kappa shape index (κ1) is 26.6. The van der Waals surface area contributed by atoms with Gasteiger partial charge in [-0.1, -0.05) is 30.3 Å². The van der Waals surface area contributed by atoms with Crippen LogP contribution in [0.4, 0.5) is 33.6 Å². The van der Waals surface area contributed by atoms with E-state index in [1.54, 1.807) is 23.7 Å². The van der Waals surface area contributed by atoms with Crippen LogP contribution in [0.15, 0.2) is 96.8 Å². The largest absolute Gasteiger partial charge is 0.378 e. The second kappa shape index (κ2) is 11.9. The number of thiazole rings is 1. The van der Waals surface area contributed by atoms with Gasteiger partial charge in [-0.05, 0) is 42.5 Å². The van der Waals surface area contributed by atoms with E-state index in [1.807, 2.05) is 88.8 Å². The molecule has 0 saturated carbocycles. The van der Waals surface area contributed by atoms with Gasteiger partial charge < -0.3 is 25.6 Å². The monoisotopic (exact) mass is 589 g/mol. The van der Waals surface area contributed by atoms with Crippen LogP contribution in [0.3, 0.4) is 0 Å². The highest BCUT2D eigenvalue weighted by Gasteiger charge is 2.19. The van der Waals surface area contributed by atoms with Crippen LogP contribution in [0, 0.1) is 0 Å². The molecule has 6 aromatic rings. The van der Waals surface area contributed by atoms with E-state index in [0.29, 0.717) is 36.2 Å². The number of carbonyl (C=O) groups is 1. The van der Waals surface area contributed by atoms with Crippen molar-refractivity contribution in [1.82, 2.24) is 24.3 Å². The Morgan fingerprint density at radius 1 is 0.860 bits per heavy atom. The van der Waals surface area contributed by atoms with Gasteiger partial charge in [0.2, 0.25) is 5.95 Å². The van der Waals surface area contributed by atoms with Gasteiger partial charge in [0.1, 0.15) is 11.5 Å². The number of morpholine rings is 1. The fraction of sp³-hybridized carbons (Fsp3) is 0.129. The lowest BCUT2D eigenvalue weighted by Gasteiger charge is -2.27. The number of hydrogen-bond acceptors (Lipinski definition) is 9. The van der Waals surface area contributed by atoms with E-state index in [-0.39, 0.29) is 6.03 Å². The summed E-state index contributed by atoms with van der Waals surface area (Å²) in [6.45, 7) is 3.08. The molecule has 12 heteroatoms. The Kier molecular flexibility index (Phi) is 7.34. The molecule has 7 rings (SSSR count). The van der Waals surface area contributed by atoms with Gasteiger partial charge in [0.15, 0.2) is 4.96 Å². The number of nitrogens with one attached hydrogen (secondary N) is 3. The molecule has 5 heterocycles. The van der Waals surface area contributed by atoms with Crippen molar-refractivity contribution in [3.63, 3.8) is 0 Å². The van der Waals surface area contributed by atoms with Crippen LogP contribution >= 0.6 is 11.3 Å². The number of rotatable bonds is 7. The number of nitrogens with zero attached hydrogens (tertiary/aromatic N) is 6. The minimum absolute atomic E-state index is 0.326. The van der Waals surface area contributed by atoms with Crippen molar-refractivity contribution in [3.8, 4) is 22.6 Å². The average molecular weight is 590 g/mol. The van der Waals surface area contributed by atoms with E-state index in [2.05, 4.69) is 30.8 Å². The van der Waals surface area contributed by atoms with Crippen LogP contribution in [0.1, 0.15) is 0 Å². The summed E-state index contributed by atoms with van der Waals surface area (Å²) in [5.74, 6) is 1.36. The molecule has 2 aromatic carbocycles. The first-order valence-corrected chi connectivity index (χ1v) is 14.7. The zero-order valence-electron chi connectivity index (χ0n) is 23.0. The number of fused-ring (bicyclic) bond motifs is 1. The number of para-hydroxylation sites is 1. The topological polar surface area (TPSA) is 122 Å². The Bertz CT molecular complexity index is 1870. The second-order valence-corrected chi connectivity index (χ2v) is 10.7. The lowest BCUT2D eigenvalue weighted by Crippen LogP contribution is -2.36. The van der Waals surface area contributed by atoms with E-state index in [9.17, 15) is 4.79 Å². The zero-order valence-corrected chi connectivity index (χ0v) is 23.8. The predicted molar refractivity (Wildman–Crippen MR) is 169 cm³/mol. The molecule has 0 atom stereocenters. The summed E-state index contributed by atoms with van der Waals surface area (Å²) >= 11 is 1.54. The number of benzene rings is 2. The van der Waals surface area contributed by atoms with E-state index >= 15 is 0 Å². The SMILES string of the molecule is O=C(Nc1ccccc1)Nc1cccc(-c2nc3sccn3c2-c2ccnc(Nc3ccc(N4CCOCC4)nc3)n2)c1. The lowest BCUT2D eigenvalue weighted by molar-refractivity contribution is 0.122. The molecule has 214 valence electrons. The molecule has 4 aromatic heterocycles. The van der Waals surface area contributed by atoms with Crippen molar-refractivity contribution in [3.05, 3.63) is 96.8 Å². The van der Waals surface area contributed by atoms with Crippen molar-refractivity contribution in [1.29, 1.82) is 0 Å². The molecule has 1 saturated heterocycles. The van der Waals surface area contributed by atoms with Crippen LogP contribution in [0.2, 0.25) is 0 Å². The van der Waals surface area contributed by atoms with Gasteiger partial charge in [0.25, 0.3) is 0 Å². The highest BCUT2D eigenvalue weighted by Crippen LogP contribution is 2.35. The van der Waals surface area contributed by atoms with Crippen LogP contribution in [0.5, 0.6) is 0 Å². The van der Waals surface area contributed by atoms with Crippen molar-refractivity contribution < 1.29 is 9.53 Å². The molecule has 1 aliphatic heterocycles. The Hall–Kier alpha value is -5.33. The zero-order chi connectivity index (χ0) is 29.0. The number of aromatic nitrogens is 5. The van der Waals surface area contributed by atoms with E-state index in [1.165, 1.54) is 0 Å². The number of ether oxygens (including phenoxy) is 1. The Morgan fingerprint density at radius 2 is 1.70 bits per heavy atom. The maximum atomic E-state index is 12.6. The van der Waals surface area contributed by atoms with E-state index in [4.69, 9.17) is 14.7 Å². The fourth-order valence-electron chi connectivity index (χ4n) is 4.91. The van der Waals surface area contributed by atoms with Gasteiger partial charge in [-0.25, -0.2) is 24.7 Å². The number of carbonyl (C=O) groups excluding carboxylic acids is 1. The summed E-state index contributed by atoms with van der Waals surface area (Å²) in [5.41, 5.74) is 5.27. The standard InChI is InChI=1S/C31H27N9O2S/c41-30(35-22-6-2-1-3-7-22)36-23-8-4-5-21(19-23)27-28(40-15-18-43-31(40)38-27)25-11-12-32-29(37-25)34-24-9-10-26(33-20-24)39-13-16-42-17-14-39/h1-12,15,18-20H,13-14,16-17H2,(H,32,34,37)(H2,35,36,41). The molecule has 0 spiro atoms.